The molecule has 0 unspecified atom stereocenters. The van der Waals surface area contributed by atoms with Gasteiger partial charge in [0.1, 0.15) is 5.75 Å². The van der Waals surface area contributed by atoms with E-state index in [9.17, 15) is 0 Å². The number of hydrogen-bond donors (Lipinski definition) is 0. The van der Waals surface area contributed by atoms with Gasteiger partial charge in [-0.25, -0.2) is 0 Å². The molecule has 0 atom stereocenters. The first-order valence-corrected chi connectivity index (χ1v) is 10.3. The molecular weight excluding hydrogens is 276 g/mol. The standard InChI is InChI=1S/C18H26O2Si/c1-18(2,3)21(5,6)20-17-10-9-15-11-14(13-19-4)7-8-16(15)12-17/h7-12H,13H2,1-6H3. The minimum atomic E-state index is -1.78. The van der Waals surface area contributed by atoms with Crippen LogP contribution in [-0.4, -0.2) is 15.4 Å². The van der Waals surface area contributed by atoms with Crippen molar-refractivity contribution in [1.82, 2.24) is 0 Å². The third-order valence-corrected chi connectivity index (χ3v) is 8.72. The monoisotopic (exact) mass is 302 g/mol. The van der Waals surface area contributed by atoms with Gasteiger partial charge in [0.15, 0.2) is 0 Å². The van der Waals surface area contributed by atoms with Gasteiger partial charge in [-0.3, -0.25) is 0 Å². The summed E-state index contributed by atoms with van der Waals surface area (Å²) in [5.74, 6) is 0.980. The lowest BCUT2D eigenvalue weighted by Gasteiger charge is -2.36. The van der Waals surface area contributed by atoms with Gasteiger partial charge in [0.2, 0.25) is 8.32 Å². The fourth-order valence-corrected chi connectivity index (χ4v) is 3.06. The molecule has 21 heavy (non-hydrogen) atoms. The van der Waals surface area contributed by atoms with Gasteiger partial charge in [0.25, 0.3) is 0 Å². The van der Waals surface area contributed by atoms with Crippen molar-refractivity contribution < 1.29 is 9.16 Å². The fraction of sp³-hybridized carbons (Fsp3) is 0.444. The van der Waals surface area contributed by atoms with Crippen molar-refractivity contribution in [3.63, 3.8) is 0 Å². The molecule has 0 saturated carbocycles. The maximum absolute atomic E-state index is 6.37. The van der Waals surface area contributed by atoms with E-state index >= 15 is 0 Å². The van der Waals surface area contributed by atoms with Crippen LogP contribution in [0, 0.1) is 0 Å². The normalized spacial score (nSPS) is 12.7. The van der Waals surface area contributed by atoms with Crippen LogP contribution in [0.1, 0.15) is 26.3 Å². The molecule has 114 valence electrons. The molecule has 0 heterocycles. The van der Waals surface area contributed by atoms with E-state index in [4.69, 9.17) is 9.16 Å². The Kier molecular flexibility index (Phi) is 4.45. The van der Waals surface area contributed by atoms with E-state index in [1.807, 2.05) is 0 Å². The van der Waals surface area contributed by atoms with E-state index in [1.54, 1.807) is 7.11 Å². The summed E-state index contributed by atoms with van der Waals surface area (Å²) in [6.07, 6.45) is 0. The molecule has 0 fully saturated rings. The molecule has 2 aromatic carbocycles. The highest BCUT2D eigenvalue weighted by Gasteiger charge is 2.38. The Morgan fingerprint density at radius 2 is 1.57 bits per heavy atom. The summed E-state index contributed by atoms with van der Waals surface area (Å²) >= 11 is 0. The fourth-order valence-electron chi connectivity index (χ4n) is 2.04. The molecule has 0 radical (unpaired) electrons. The first-order valence-electron chi connectivity index (χ1n) is 7.43. The first-order chi connectivity index (χ1) is 9.73. The van der Waals surface area contributed by atoms with Gasteiger partial charge in [-0.1, -0.05) is 39.0 Å². The number of hydrogen-bond acceptors (Lipinski definition) is 2. The number of methoxy groups -OCH3 is 1. The average Bonchev–Trinajstić information content (AvgIpc) is 2.37. The summed E-state index contributed by atoms with van der Waals surface area (Å²) in [5.41, 5.74) is 1.20. The largest absolute Gasteiger partial charge is 0.543 e. The van der Waals surface area contributed by atoms with Crippen LogP contribution >= 0.6 is 0 Å². The molecule has 2 nitrogen and oxygen atoms in total. The van der Waals surface area contributed by atoms with E-state index in [0.29, 0.717) is 6.61 Å². The van der Waals surface area contributed by atoms with Gasteiger partial charge >= 0.3 is 0 Å². The molecule has 2 rings (SSSR count). The van der Waals surface area contributed by atoms with Crippen LogP contribution in [0.15, 0.2) is 36.4 Å². The Bertz CT molecular complexity index is 627. The van der Waals surface area contributed by atoms with Gasteiger partial charge in [-0.15, -0.1) is 0 Å². The molecule has 3 heteroatoms. The molecule has 0 saturated heterocycles. The second-order valence-corrected chi connectivity index (χ2v) is 11.9. The molecule has 0 aliphatic heterocycles. The van der Waals surface area contributed by atoms with Crippen LogP contribution in [0.2, 0.25) is 18.1 Å². The van der Waals surface area contributed by atoms with Crippen LogP contribution in [0.4, 0.5) is 0 Å². The Morgan fingerprint density at radius 3 is 2.19 bits per heavy atom. The Morgan fingerprint density at radius 1 is 0.952 bits per heavy atom. The van der Waals surface area contributed by atoms with E-state index < -0.39 is 8.32 Å². The Labute approximate surface area is 129 Å². The summed E-state index contributed by atoms with van der Waals surface area (Å²) < 4.78 is 11.6. The molecule has 0 aliphatic carbocycles. The van der Waals surface area contributed by atoms with E-state index in [-0.39, 0.29) is 5.04 Å². The van der Waals surface area contributed by atoms with E-state index in [0.717, 1.165) is 5.75 Å². The molecule has 0 aliphatic rings. The highest BCUT2D eigenvalue weighted by molar-refractivity contribution is 6.74. The SMILES string of the molecule is COCc1ccc2cc(O[Si](C)(C)C(C)(C)C)ccc2c1. The average molecular weight is 302 g/mol. The maximum atomic E-state index is 6.37. The van der Waals surface area contributed by atoms with Crippen LogP contribution in [0.3, 0.4) is 0 Å². The van der Waals surface area contributed by atoms with Crippen molar-refractivity contribution in [2.45, 2.75) is 45.5 Å². The molecule has 2 aromatic rings. The molecule has 0 amide bonds. The summed E-state index contributed by atoms with van der Waals surface area (Å²) in [4.78, 5) is 0. The Balaban J connectivity index is 2.29. The van der Waals surface area contributed by atoms with Crippen LogP contribution in [0.25, 0.3) is 10.8 Å². The van der Waals surface area contributed by atoms with Gasteiger partial charge < -0.3 is 9.16 Å². The second-order valence-electron chi connectivity index (χ2n) is 7.14. The zero-order valence-electron chi connectivity index (χ0n) is 14.0. The smallest absolute Gasteiger partial charge is 0.250 e. The lowest BCUT2D eigenvalue weighted by atomic mass is 10.1. The number of benzene rings is 2. The number of ether oxygens (including phenoxy) is 1. The quantitative estimate of drug-likeness (QED) is 0.707. The minimum Gasteiger partial charge on any atom is -0.543 e. The third kappa shape index (κ3) is 3.66. The van der Waals surface area contributed by atoms with Crippen molar-refractivity contribution in [1.29, 1.82) is 0 Å². The number of rotatable bonds is 4. The Hall–Kier alpha value is -1.32. The van der Waals surface area contributed by atoms with Crippen LogP contribution < -0.4 is 4.43 Å². The van der Waals surface area contributed by atoms with Gasteiger partial charge in [-0.2, -0.15) is 0 Å². The first kappa shape index (κ1) is 16.1. The third-order valence-electron chi connectivity index (χ3n) is 4.37. The zero-order chi connectivity index (χ0) is 15.7. The minimum absolute atomic E-state index is 0.213. The summed E-state index contributed by atoms with van der Waals surface area (Å²) in [7, 11) is -0.0541. The highest BCUT2D eigenvalue weighted by atomic mass is 28.4. The van der Waals surface area contributed by atoms with Crippen molar-refractivity contribution in [3.8, 4) is 5.75 Å². The maximum Gasteiger partial charge on any atom is 0.250 e. The molecule has 0 N–H and O–H groups in total. The summed E-state index contributed by atoms with van der Waals surface area (Å²) in [5, 5.41) is 2.66. The van der Waals surface area contributed by atoms with Crippen LogP contribution in [-0.2, 0) is 11.3 Å². The second kappa shape index (κ2) is 5.82. The topological polar surface area (TPSA) is 18.5 Å². The lowest BCUT2D eigenvalue weighted by Crippen LogP contribution is -2.43. The number of fused-ring (bicyclic) bond motifs is 1. The lowest BCUT2D eigenvalue weighted by molar-refractivity contribution is 0.185. The summed E-state index contributed by atoms with van der Waals surface area (Å²) in [6.45, 7) is 12.0. The molecule has 0 bridgehead atoms. The van der Waals surface area contributed by atoms with Crippen molar-refractivity contribution in [3.05, 3.63) is 42.0 Å². The highest BCUT2D eigenvalue weighted by Crippen LogP contribution is 2.37. The van der Waals surface area contributed by atoms with Crippen molar-refractivity contribution >= 4 is 19.1 Å². The molecular formula is C18H26O2Si. The van der Waals surface area contributed by atoms with Crippen molar-refractivity contribution in [2.75, 3.05) is 7.11 Å². The van der Waals surface area contributed by atoms with Gasteiger partial charge in [0.05, 0.1) is 6.61 Å². The predicted molar refractivity (Wildman–Crippen MR) is 92.5 cm³/mol. The van der Waals surface area contributed by atoms with E-state index in [2.05, 4.69) is 70.3 Å². The van der Waals surface area contributed by atoms with Gasteiger partial charge in [-0.05, 0) is 52.7 Å². The molecule has 0 spiro atoms. The van der Waals surface area contributed by atoms with Crippen molar-refractivity contribution in [2.24, 2.45) is 0 Å². The van der Waals surface area contributed by atoms with Gasteiger partial charge in [0, 0.05) is 7.11 Å². The predicted octanol–water partition coefficient (Wildman–Crippen LogP) is 5.37. The van der Waals surface area contributed by atoms with Crippen LogP contribution in [0.5, 0.6) is 5.75 Å². The summed E-state index contributed by atoms with van der Waals surface area (Å²) in [6, 6.07) is 12.8. The molecule has 0 aromatic heterocycles. The zero-order valence-corrected chi connectivity index (χ0v) is 15.0. The van der Waals surface area contributed by atoms with E-state index in [1.165, 1.54) is 16.3 Å².